The van der Waals surface area contributed by atoms with Gasteiger partial charge in [-0.1, -0.05) is 11.6 Å². The van der Waals surface area contributed by atoms with Gasteiger partial charge in [-0.25, -0.2) is 8.78 Å². The Morgan fingerprint density at radius 2 is 1.96 bits per heavy atom. The first kappa shape index (κ1) is 31.3. The lowest BCUT2D eigenvalue weighted by molar-refractivity contribution is -0.121. The number of nitrogen functional groups attached to an aromatic ring is 1. The molecule has 0 saturated carbocycles. The predicted molar refractivity (Wildman–Crippen MR) is 172 cm³/mol. The number of hydrogen-bond donors (Lipinski definition) is 3. The minimum absolute atomic E-state index is 0.0105. The highest BCUT2D eigenvalue weighted by molar-refractivity contribution is 6.32. The van der Waals surface area contributed by atoms with Gasteiger partial charge in [0.15, 0.2) is 5.82 Å². The summed E-state index contributed by atoms with van der Waals surface area (Å²) in [5, 5.41) is 15.3. The van der Waals surface area contributed by atoms with Crippen molar-refractivity contribution in [3.63, 3.8) is 0 Å². The Hall–Kier alpha value is -3.35. The van der Waals surface area contributed by atoms with Crippen LogP contribution < -0.4 is 20.7 Å². The standard InChI is InChI=1S/C33H40ClF2N7O3/c34-25-14-21(37)13-23-22(25)5-1-2-6-26(44)38-10-9-33(45)8-4-11-42(18-33)30-24-16-39-28(23)27(36)29(24)40-31(41-30)46-19-32-7-3-12-43(32)17-20(35)15-32/h13-14,16,20,45H,1-12,15,17-19,37H2,(H,38,44)/t20-,32+,33?/m1/s1. The molecule has 46 heavy (non-hydrogen) atoms. The zero-order valence-electron chi connectivity index (χ0n) is 25.8. The van der Waals surface area contributed by atoms with E-state index in [1.165, 1.54) is 0 Å². The highest BCUT2D eigenvalue weighted by Gasteiger charge is 2.49. The zero-order chi connectivity index (χ0) is 32.1. The minimum atomic E-state index is -1.09. The van der Waals surface area contributed by atoms with Crippen molar-refractivity contribution >= 4 is 39.9 Å². The van der Waals surface area contributed by atoms with Gasteiger partial charge >= 0.3 is 6.01 Å². The number of halogens is 3. The van der Waals surface area contributed by atoms with Crippen LogP contribution in [-0.4, -0.2) is 87.5 Å². The van der Waals surface area contributed by atoms with E-state index in [0.29, 0.717) is 104 Å². The Labute approximate surface area is 271 Å². The van der Waals surface area contributed by atoms with E-state index < -0.39 is 23.1 Å². The maximum absolute atomic E-state index is 16.8. The molecule has 3 saturated heterocycles. The van der Waals surface area contributed by atoms with Crippen LogP contribution in [0.4, 0.5) is 20.3 Å². The van der Waals surface area contributed by atoms with Crippen LogP contribution >= 0.6 is 11.6 Å². The van der Waals surface area contributed by atoms with Crippen LogP contribution in [0.1, 0.15) is 63.4 Å². The summed E-state index contributed by atoms with van der Waals surface area (Å²) in [6.07, 6.45) is 6.46. The molecule has 13 heteroatoms. The number of amides is 1. The molecule has 5 aliphatic rings. The molecule has 5 aliphatic heterocycles. The first-order valence-electron chi connectivity index (χ1n) is 16.3. The number of alkyl halides is 1. The number of hydrogen-bond acceptors (Lipinski definition) is 9. The third-order valence-electron chi connectivity index (χ3n) is 10.2. The summed E-state index contributed by atoms with van der Waals surface area (Å²) >= 11 is 6.66. The molecule has 8 rings (SSSR count). The summed E-state index contributed by atoms with van der Waals surface area (Å²) in [5.74, 6) is -0.334. The lowest BCUT2D eigenvalue weighted by Gasteiger charge is -2.40. The van der Waals surface area contributed by atoms with Crippen molar-refractivity contribution in [2.75, 3.05) is 50.0 Å². The van der Waals surface area contributed by atoms with Gasteiger partial charge < -0.3 is 25.8 Å². The number of ether oxygens (including phenoxy) is 1. The summed E-state index contributed by atoms with van der Waals surface area (Å²) in [6.45, 7) is 2.53. The van der Waals surface area contributed by atoms with Crippen molar-refractivity contribution in [3.8, 4) is 17.3 Å². The Morgan fingerprint density at radius 1 is 1.13 bits per heavy atom. The second-order valence-electron chi connectivity index (χ2n) is 13.5. The average molecular weight is 656 g/mol. The van der Waals surface area contributed by atoms with Gasteiger partial charge in [0.25, 0.3) is 0 Å². The van der Waals surface area contributed by atoms with Crippen molar-refractivity contribution in [1.82, 2.24) is 25.2 Å². The molecular formula is C33H40ClF2N7O3. The zero-order valence-corrected chi connectivity index (χ0v) is 26.6. The Kier molecular flexibility index (Phi) is 8.39. The third kappa shape index (κ3) is 5.95. The monoisotopic (exact) mass is 655 g/mol. The normalized spacial score (nSPS) is 27.3. The lowest BCUT2D eigenvalue weighted by Crippen LogP contribution is -2.50. The van der Waals surface area contributed by atoms with Crippen molar-refractivity contribution in [2.24, 2.45) is 0 Å². The summed E-state index contributed by atoms with van der Waals surface area (Å²) in [5.41, 5.74) is 6.27. The highest BCUT2D eigenvalue weighted by Crippen LogP contribution is 2.42. The van der Waals surface area contributed by atoms with Crippen molar-refractivity contribution < 1.29 is 23.4 Å². The maximum atomic E-state index is 16.8. The molecule has 0 spiro atoms. The summed E-state index contributed by atoms with van der Waals surface area (Å²) in [6, 6.07) is 3.29. The minimum Gasteiger partial charge on any atom is -0.461 e. The Bertz CT molecular complexity index is 1660. The molecule has 246 valence electrons. The number of nitrogens with one attached hydrogen (secondary N) is 1. The van der Waals surface area contributed by atoms with Gasteiger partial charge in [0.2, 0.25) is 5.91 Å². The predicted octanol–water partition coefficient (Wildman–Crippen LogP) is 4.59. The van der Waals surface area contributed by atoms with Crippen LogP contribution in [0, 0.1) is 5.82 Å². The molecule has 4 N–H and O–H groups in total. The first-order chi connectivity index (χ1) is 22.1. The Balaban J connectivity index is 1.35. The maximum Gasteiger partial charge on any atom is 0.319 e. The van der Waals surface area contributed by atoms with E-state index >= 15 is 4.39 Å². The van der Waals surface area contributed by atoms with Crippen LogP contribution in [-0.2, 0) is 11.2 Å². The number of anilines is 2. The van der Waals surface area contributed by atoms with E-state index in [0.717, 1.165) is 19.4 Å². The molecule has 3 fully saturated rings. The van der Waals surface area contributed by atoms with Gasteiger partial charge in [0.1, 0.15) is 29.8 Å². The SMILES string of the molecule is Nc1cc(Cl)c2c(c1)-c1ncc3c(nc(OC[C@@]45CCCN4C[C@H](F)C5)nc3c1F)N1CCCC(O)(CCNC(=O)CCCC2)C1. The number of benzene rings is 1. The molecule has 0 radical (unpaired) electrons. The molecule has 1 amide bonds. The van der Waals surface area contributed by atoms with Gasteiger partial charge in [-0.3, -0.25) is 14.7 Å². The topological polar surface area (TPSA) is 130 Å². The summed E-state index contributed by atoms with van der Waals surface area (Å²) in [4.78, 5) is 30.6. The lowest BCUT2D eigenvalue weighted by atomic mass is 9.89. The number of aromatic nitrogens is 3. The van der Waals surface area contributed by atoms with Crippen LogP contribution in [0.2, 0.25) is 5.02 Å². The van der Waals surface area contributed by atoms with E-state index in [1.807, 2.05) is 4.90 Å². The molecule has 6 bridgehead atoms. The van der Waals surface area contributed by atoms with Gasteiger partial charge in [-0.05, 0) is 75.6 Å². The van der Waals surface area contributed by atoms with Crippen molar-refractivity contribution in [2.45, 2.75) is 81.5 Å². The fourth-order valence-electron chi connectivity index (χ4n) is 7.89. The summed E-state index contributed by atoms with van der Waals surface area (Å²) < 4.78 is 37.5. The van der Waals surface area contributed by atoms with Crippen LogP contribution in [0.25, 0.3) is 22.2 Å². The van der Waals surface area contributed by atoms with Crippen LogP contribution in [0.15, 0.2) is 18.3 Å². The smallest absolute Gasteiger partial charge is 0.319 e. The van der Waals surface area contributed by atoms with Crippen LogP contribution in [0.3, 0.4) is 0 Å². The second-order valence-corrected chi connectivity index (χ2v) is 13.9. The van der Waals surface area contributed by atoms with Crippen molar-refractivity contribution in [1.29, 1.82) is 0 Å². The number of aliphatic hydroxyl groups is 1. The van der Waals surface area contributed by atoms with Crippen molar-refractivity contribution in [3.05, 3.63) is 34.7 Å². The van der Waals surface area contributed by atoms with E-state index in [1.54, 1.807) is 18.3 Å². The molecule has 0 aliphatic carbocycles. The molecule has 3 atom stereocenters. The quantitative estimate of drug-likeness (QED) is 0.347. The average Bonchev–Trinajstić information content (AvgIpc) is 3.54. The Morgan fingerprint density at radius 3 is 2.83 bits per heavy atom. The third-order valence-corrected chi connectivity index (χ3v) is 10.5. The molecular weight excluding hydrogens is 616 g/mol. The first-order valence-corrected chi connectivity index (χ1v) is 16.7. The fraction of sp³-hybridized carbons (Fsp3) is 0.576. The number of nitrogens with two attached hydrogens (primary N) is 1. The molecule has 3 aromatic rings. The molecule has 2 aromatic heterocycles. The van der Waals surface area contributed by atoms with E-state index in [-0.39, 0.29) is 36.3 Å². The highest BCUT2D eigenvalue weighted by atomic mass is 35.5. The molecule has 1 unspecified atom stereocenters. The van der Waals surface area contributed by atoms with E-state index in [2.05, 4.69) is 20.2 Å². The number of pyridine rings is 1. The fourth-order valence-corrected chi connectivity index (χ4v) is 8.22. The van der Waals surface area contributed by atoms with E-state index in [9.17, 15) is 14.3 Å². The summed E-state index contributed by atoms with van der Waals surface area (Å²) in [7, 11) is 0. The van der Waals surface area contributed by atoms with Gasteiger partial charge in [0, 0.05) is 61.5 Å². The number of piperidine rings is 1. The van der Waals surface area contributed by atoms with E-state index in [4.69, 9.17) is 27.1 Å². The second kappa shape index (κ2) is 12.4. The van der Waals surface area contributed by atoms with Gasteiger partial charge in [0.05, 0.1) is 16.5 Å². The number of carbonyl (C=O) groups is 1. The number of fused-ring (bicyclic) bond motifs is 9. The largest absolute Gasteiger partial charge is 0.461 e. The number of rotatable bonds is 3. The van der Waals surface area contributed by atoms with Crippen LogP contribution in [0.5, 0.6) is 6.01 Å². The molecule has 1 aromatic carbocycles. The van der Waals surface area contributed by atoms with Gasteiger partial charge in [-0.15, -0.1) is 0 Å². The van der Waals surface area contributed by atoms with Gasteiger partial charge in [-0.2, -0.15) is 9.97 Å². The molecule has 7 heterocycles. The number of nitrogens with zero attached hydrogens (tertiary/aromatic N) is 5. The molecule has 10 nitrogen and oxygen atoms in total. The number of carbonyl (C=O) groups excluding carboxylic acids is 1.